The number of aromatic nitrogens is 2. The van der Waals surface area contributed by atoms with Gasteiger partial charge in [0.15, 0.2) is 11.5 Å². The van der Waals surface area contributed by atoms with Crippen molar-refractivity contribution in [1.29, 1.82) is 0 Å². The Bertz CT molecular complexity index is 454. The number of imidazole rings is 1. The van der Waals surface area contributed by atoms with Crippen molar-refractivity contribution in [2.24, 2.45) is 0 Å². The van der Waals surface area contributed by atoms with Crippen molar-refractivity contribution in [2.75, 3.05) is 0 Å². The molecule has 0 saturated heterocycles. The highest BCUT2D eigenvalue weighted by atomic mass is 16.3. The molecule has 5 heteroatoms. The van der Waals surface area contributed by atoms with Gasteiger partial charge in [0.2, 0.25) is 0 Å². The number of aromatic hydroxyl groups is 2. The van der Waals surface area contributed by atoms with E-state index in [-0.39, 0.29) is 11.5 Å². The lowest BCUT2D eigenvalue weighted by Crippen LogP contribution is -2.01. The van der Waals surface area contributed by atoms with Gasteiger partial charge in [-0.05, 0) is 17.7 Å². The van der Waals surface area contributed by atoms with Crippen molar-refractivity contribution in [3.05, 3.63) is 42.0 Å². The number of aliphatic hydroxyl groups excluding tert-OH is 1. The molecule has 1 atom stereocenters. The molecule has 0 unspecified atom stereocenters. The lowest BCUT2D eigenvalue weighted by Gasteiger charge is -2.08. The number of benzene rings is 1. The second-order valence-corrected chi connectivity index (χ2v) is 3.13. The van der Waals surface area contributed by atoms with Crippen LogP contribution in [0.5, 0.6) is 11.5 Å². The summed E-state index contributed by atoms with van der Waals surface area (Å²) < 4.78 is 0. The van der Waals surface area contributed by atoms with Crippen LogP contribution < -0.4 is 0 Å². The zero-order chi connectivity index (χ0) is 10.8. The summed E-state index contributed by atoms with van der Waals surface area (Å²) in [5, 5.41) is 28.2. The summed E-state index contributed by atoms with van der Waals surface area (Å²) in [4.78, 5) is 6.66. The maximum Gasteiger partial charge on any atom is 0.157 e. The van der Waals surface area contributed by atoms with Crippen LogP contribution in [0.3, 0.4) is 0 Å². The predicted octanol–water partition coefficient (Wildman–Crippen LogP) is 0.903. The number of H-pyrrole nitrogens is 1. The quantitative estimate of drug-likeness (QED) is 0.549. The number of phenols is 2. The van der Waals surface area contributed by atoms with Crippen LogP contribution in [0, 0.1) is 0 Å². The number of rotatable bonds is 2. The Kier molecular flexibility index (Phi) is 2.31. The van der Waals surface area contributed by atoms with E-state index in [0.717, 1.165) is 0 Å². The first-order valence-electron chi connectivity index (χ1n) is 4.37. The van der Waals surface area contributed by atoms with Gasteiger partial charge in [-0.3, -0.25) is 0 Å². The van der Waals surface area contributed by atoms with Gasteiger partial charge in [0, 0.05) is 12.4 Å². The first-order chi connectivity index (χ1) is 7.18. The molecule has 15 heavy (non-hydrogen) atoms. The fraction of sp³-hybridized carbons (Fsp3) is 0.100. The van der Waals surface area contributed by atoms with Gasteiger partial charge < -0.3 is 20.3 Å². The van der Waals surface area contributed by atoms with E-state index in [1.54, 1.807) is 6.20 Å². The predicted molar refractivity (Wildman–Crippen MR) is 52.4 cm³/mol. The third-order valence-corrected chi connectivity index (χ3v) is 2.09. The summed E-state index contributed by atoms with van der Waals surface area (Å²) in [6.45, 7) is 0. The Morgan fingerprint density at radius 3 is 2.60 bits per heavy atom. The molecule has 0 saturated carbocycles. The van der Waals surface area contributed by atoms with Gasteiger partial charge in [-0.25, -0.2) is 4.98 Å². The van der Waals surface area contributed by atoms with E-state index >= 15 is 0 Å². The van der Waals surface area contributed by atoms with Crippen molar-refractivity contribution >= 4 is 0 Å². The molecule has 0 bridgehead atoms. The molecule has 1 aromatic carbocycles. The zero-order valence-electron chi connectivity index (χ0n) is 7.75. The number of aromatic amines is 1. The van der Waals surface area contributed by atoms with Crippen LogP contribution in [0.1, 0.15) is 17.5 Å². The van der Waals surface area contributed by atoms with Gasteiger partial charge >= 0.3 is 0 Å². The third-order valence-electron chi connectivity index (χ3n) is 2.09. The van der Waals surface area contributed by atoms with E-state index in [4.69, 9.17) is 5.11 Å². The molecule has 78 valence electrons. The maximum absolute atomic E-state index is 9.81. The topological polar surface area (TPSA) is 89.4 Å². The molecule has 0 aliphatic carbocycles. The second-order valence-electron chi connectivity index (χ2n) is 3.13. The molecule has 2 rings (SSSR count). The fourth-order valence-corrected chi connectivity index (χ4v) is 1.30. The largest absolute Gasteiger partial charge is 0.504 e. The number of aliphatic hydroxyl groups is 1. The monoisotopic (exact) mass is 206 g/mol. The summed E-state index contributed by atoms with van der Waals surface area (Å²) in [5.74, 6) is -0.0939. The highest BCUT2D eigenvalue weighted by Gasteiger charge is 2.14. The molecule has 5 nitrogen and oxygen atoms in total. The Labute approximate surface area is 85.7 Å². The van der Waals surface area contributed by atoms with Crippen LogP contribution >= 0.6 is 0 Å². The maximum atomic E-state index is 9.81. The minimum absolute atomic E-state index is 0.217. The molecule has 0 fully saturated rings. The van der Waals surface area contributed by atoms with Crippen molar-refractivity contribution in [3.63, 3.8) is 0 Å². The molecule has 1 aromatic heterocycles. The highest BCUT2D eigenvalue weighted by Crippen LogP contribution is 2.29. The minimum atomic E-state index is -0.938. The molecule has 0 spiro atoms. The third kappa shape index (κ3) is 1.77. The van der Waals surface area contributed by atoms with Gasteiger partial charge in [-0.2, -0.15) is 0 Å². The molecular formula is C10H10N2O3. The minimum Gasteiger partial charge on any atom is -0.504 e. The lowest BCUT2D eigenvalue weighted by atomic mass is 10.1. The summed E-state index contributed by atoms with van der Waals surface area (Å²) in [6, 6.07) is 4.13. The van der Waals surface area contributed by atoms with Crippen LogP contribution in [0.2, 0.25) is 0 Å². The van der Waals surface area contributed by atoms with E-state index in [2.05, 4.69) is 9.97 Å². The van der Waals surface area contributed by atoms with Crippen LogP contribution in [0.4, 0.5) is 0 Å². The van der Waals surface area contributed by atoms with Crippen molar-refractivity contribution in [1.82, 2.24) is 9.97 Å². The second kappa shape index (κ2) is 3.62. The van der Waals surface area contributed by atoms with Gasteiger partial charge in [-0.15, -0.1) is 0 Å². The molecule has 0 amide bonds. The summed E-state index contributed by atoms with van der Waals surface area (Å²) in [5.41, 5.74) is 0.459. The molecule has 4 N–H and O–H groups in total. The standard InChI is InChI=1S/C10H10N2O3/c13-7-2-1-6(5-8(7)14)9(15)10-11-3-4-12-10/h1-5,9,13-15H,(H,11,12)/t9-/m1/s1. The lowest BCUT2D eigenvalue weighted by molar-refractivity contribution is 0.210. The number of nitrogens with zero attached hydrogens (tertiary/aromatic N) is 1. The molecule has 0 radical (unpaired) electrons. The van der Waals surface area contributed by atoms with E-state index in [9.17, 15) is 10.2 Å². The summed E-state index contributed by atoms with van der Waals surface area (Å²) >= 11 is 0. The van der Waals surface area contributed by atoms with Crippen molar-refractivity contribution < 1.29 is 15.3 Å². The van der Waals surface area contributed by atoms with Crippen LogP contribution in [0.25, 0.3) is 0 Å². The number of phenolic OH excluding ortho intramolecular Hbond substituents is 2. The Hall–Kier alpha value is -2.01. The molecule has 0 aliphatic rings. The first-order valence-corrected chi connectivity index (χ1v) is 4.37. The van der Waals surface area contributed by atoms with Crippen molar-refractivity contribution in [3.8, 4) is 11.5 Å². The van der Waals surface area contributed by atoms with Crippen LogP contribution in [-0.2, 0) is 0 Å². The number of nitrogens with one attached hydrogen (secondary N) is 1. The van der Waals surface area contributed by atoms with E-state index in [1.165, 1.54) is 24.4 Å². The normalized spacial score (nSPS) is 12.6. The smallest absolute Gasteiger partial charge is 0.157 e. The van der Waals surface area contributed by atoms with Gasteiger partial charge in [0.05, 0.1) is 0 Å². The zero-order valence-corrected chi connectivity index (χ0v) is 7.75. The van der Waals surface area contributed by atoms with Crippen molar-refractivity contribution in [2.45, 2.75) is 6.10 Å². The Morgan fingerprint density at radius 2 is 2.00 bits per heavy atom. The summed E-state index contributed by atoms with van der Waals surface area (Å²) in [7, 11) is 0. The average Bonchev–Trinajstić information content (AvgIpc) is 2.74. The number of hydrogen-bond acceptors (Lipinski definition) is 4. The van der Waals surface area contributed by atoms with E-state index < -0.39 is 6.10 Å². The SMILES string of the molecule is Oc1ccc([C@@H](O)c2ncc[nH]2)cc1O. The first kappa shape index (κ1) is 9.54. The summed E-state index contributed by atoms with van der Waals surface area (Å²) in [6.07, 6.45) is 2.18. The van der Waals surface area contributed by atoms with Gasteiger partial charge in [-0.1, -0.05) is 6.07 Å². The van der Waals surface area contributed by atoms with E-state index in [0.29, 0.717) is 11.4 Å². The molecule has 2 aromatic rings. The van der Waals surface area contributed by atoms with E-state index in [1.807, 2.05) is 0 Å². The molecule has 0 aliphatic heterocycles. The molecule has 1 heterocycles. The number of hydrogen-bond donors (Lipinski definition) is 4. The van der Waals surface area contributed by atoms with Crippen LogP contribution in [-0.4, -0.2) is 25.3 Å². The van der Waals surface area contributed by atoms with Gasteiger partial charge in [0.1, 0.15) is 11.9 Å². The molecular weight excluding hydrogens is 196 g/mol. The Balaban J connectivity index is 2.34. The van der Waals surface area contributed by atoms with Gasteiger partial charge in [0.25, 0.3) is 0 Å². The van der Waals surface area contributed by atoms with Crippen LogP contribution in [0.15, 0.2) is 30.6 Å². The highest BCUT2D eigenvalue weighted by molar-refractivity contribution is 5.42. The Morgan fingerprint density at radius 1 is 1.20 bits per heavy atom. The fourth-order valence-electron chi connectivity index (χ4n) is 1.30. The average molecular weight is 206 g/mol.